The van der Waals surface area contributed by atoms with Crippen LogP contribution in [0.5, 0.6) is 5.75 Å². The summed E-state index contributed by atoms with van der Waals surface area (Å²) in [6.07, 6.45) is 3.53. The predicted octanol–water partition coefficient (Wildman–Crippen LogP) is 4.20. The molecule has 3 aromatic rings. The number of ether oxygens (including phenoxy) is 1. The lowest BCUT2D eigenvalue weighted by atomic mass is 9.82. The molecule has 0 saturated carbocycles. The van der Waals surface area contributed by atoms with Crippen molar-refractivity contribution >= 4 is 51.7 Å². The lowest BCUT2D eigenvalue weighted by Crippen LogP contribution is -2.20. The number of ketones is 1. The second kappa shape index (κ2) is 10.1. The number of rotatable bonds is 7. The van der Waals surface area contributed by atoms with Gasteiger partial charge in [-0.1, -0.05) is 45.4 Å². The monoisotopic (exact) mass is 525 g/mol. The van der Waals surface area contributed by atoms with E-state index in [4.69, 9.17) is 4.74 Å². The summed E-state index contributed by atoms with van der Waals surface area (Å²) in [5.74, 6) is 0.428. The van der Waals surface area contributed by atoms with Gasteiger partial charge in [0.15, 0.2) is 5.78 Å². The largest absolute Gasteiger partial charge is 0.497 e. The number of carbonyl (C=O) groups is 2. The van der Waals surface area contributed by atoms with Crippen molar-refractivity contribution in [3.63, 3.8) is 0 Å². The van der Waals surface area contributed by atoms with Gasteiger partial charge in [0.05, 0.1) is 19.1 Å². The quantitative estimate of drug-likeness (QED) is 0.271. The highest BCUT2D eigenvalue weighted by molar-refractivity contribution is 9.10. The minimum Gasteiger partial charge on any atom is -0.497 e. The number of carbonyl (C=O) groups excluding carboxylic acids is 2. The number of fused-ring (bicyclic) bond motifs is 1. The Hall–Kier alpha value is -3.24. The van der Waals surface area contributed by atoms with Crippen LogP contribution in [0, 0.1) is 0 Å². The van der Waals surface area contributed by atoms with Gasteiger partial charge in [-0.2, -0.15) is 5.10 Å². The molecule has 0 saturated heterocycles. The second-order valence-electron chi connectivity index (χ2n) is 7.28. The van der Waals surface area contributed by atoms with Crippen molar-refractivity contribution in [3.8, 4) is 5.75 Å². The molecule has 10 heteroatoms. The molecular weight excluding hydrogens is 506 g/mol. The topological polar surface area (TPSA) is 109 Å². The van der Waals surface area contributed by atoms with Crippen LogP contribution < -0.4 is 10.2 Å². The van der Waals surface area contributed by atoms with Gasteiger partial charge in [0.2, 0.25) is 5.16 Å². The molecule has 8 nitrogen and oxygen atoms in total. The molecule has 168 valence electrons. The van der Waals surface area contributed by atoms with Gasteiger partial charge in [-0.3, -0.25) is 14.7 Å². The van der Waals surface area contributed by atoms with Crippen LogP contribution in [0.1, 0.15) is 40.2 Å². The number of hydrogen-bond acceptors (Lipinski definition) is 7. The highest BCUT2D eigenvalue weighted by Crippen LogP contribution is 2.35. The zero-order valence-corrected chi connectivity index (χ0v) is 20.2. The summed E-state index contributed by atoms with van der Waals surface area (Å²) in [6.45, 7) is 1.90. The van der Waals surface area contributed by atoms with Crippen LogP contribution in [0.15, 0.2) is 62.8 Å². The van der Waals surface area contributed by atoms with Crippen LogP contribution in [0.3, 0.4) is 0 Å². The summed E-state index contributed by atoms with van der Waals surface area (Å²) in [7, 11) is 1.60. The molecule has 0 spiro atoms. The van der Waals surface area contributed by atoms with Gasteiger partial charge in [-0.05, 0) is 54.4 Å². The number of halogens is 1. The van der Waals surface area contributed by atoms with Gasteiger partial charge in [0.25, 0.3) is 5.91 Å². The van der Waals surface area contributed by atoms with E-state index in [1.54, 1.807) is 13.3 Å². The standard InChI is InChI=1S/C23H20BrN5O3S/c1-13-9-15-5-6-16(24)10-18(15)21(31)20(13)22-26-23(29-28-22)33-12-19(30)27-25-11-14-3-7-17(32-2)8-4-14/h3-11,20H,12H2,1-2H3,(H,27,30)(H,26,28,29)/b25-11+. The summed E-state index contributed by atoms with van der Waals surface area (Å²) < 4.78 is 5.95. The molecule has 1 unspecified atom stereocenters. The van der Waals surface area contributed by atoms with Crippen LogP contribution in [0.2, 0.25) is 0 Å². The van der Waals surface area contributed by atoms with E-state index in [1.165, 1.54) is 0 Å². The molecule has 0 bridgehead atoms. The lowest BCUT2D eigenvalue weighted by Gasteiger charge is -2.21. The first-order valence-corrected chi connectivity index (χ1v) is 11.8. The smallest absolute Gasteiger partial charge is 0.250 e. The van der Waals surface area contributed by atoms with Gasteiger partial charge in [0.1, 0.15) is 17.5 Å². The van der Waals surface area contributed by atoms with E-state index >= 15 is 0 Å². The average molecular weight is 526 g/mol. The zero-order chi connectivity index (χ0) is 23.4. The van der Waals surface area contributed by atoms with Crippen molar-refractivity contribution in [3.05, 3.63) is 75.0 Å². The van der Waals surface area contributed by atoms with Crippen molar-refractivity contribution in [2.45, 2.75) is 18.0 Å². The van der Waals surface area contributed by atoms with Crippen molar-refractivity contribution < 1.29 is 14.3 Å². The number of benzene rings is 2. The second-order valence-corrected chi connectivity index (χ2v) is 9.13. The average Bonchev–Trinajstić information content (AvgIpc) is 3.27. The first-order valence-electron chi connectivity index (χ1n) is 9.97. The summed E-state index contributed by atoms with van der Waals surface area (Å²) in [4.78, 5) is 29.6. The van der Waals surface area contributed by atoms with E-state index in [-0.39, 0.29) is 17.4 Å². The number of methoxy groups -OCH3 is 1. The minimum atomic E-state index is -0.531. The van der Waals surface area contributed by atoms with E-state index in [0.717, 1.165) is 38.7 Å². The third-order valence-electron chi connectivity index (χ3n) is 4.99. The maximum Gasteiger partial charge on any atom is 0.250 e. The highest BCUT2D eigenvalue weighted by atomic mass is 79.9. The molecule has 0 radical (unpaired) electrons. The summed E-state index contributed by atoms with van der Waals surface area (Å²) in [6, 6.07) is 12.9. The van der Waals surface area contributed by atoms with Crippen LogP contribution in [-0.2, 0) is 4.79 Å². The van der Waals surface area contributed by atoms with Gasteiger partial charge < -0.3 is 4.74 Å². The Morgan fingerprint density at radius 3 is 2.85 bits per heavy atom. The van der Waals surface area contributed by atoms with E-state index in [2.05, 4.69) is 41.6 Å². The molecular formula is C23H20BrN5O3S. The highest BCUT2D eigenvalue weighted by Gasteiger charge is 2.32. The molecule has 1 aromatic heterocycles. The Labute approximate surface area is 203 Å². The number of thioether (sulfide) groups is 1. The third kappa shape index (κ3) is 5.40. The number of hydrogen-bond donors (Lipinski definition) is 2. The number of amides is 1. The molecule has 2 aromatic carbocycles. The Morgan fingerprint density at radius 2 is 2.09 bits per heavy atom. The van der Waals surface area contributed by atoms with Gasteiger partial charge in [-0.25, -0.2) is 10.4 Å². The fraction of sp³-hybridized carbons (Fsp3) is 0.174. The van der Waals surface area contributed by atoms with Crippen LogP contribution >= 0.6 is 27.7 Å². The molecule has 0 fully saturated rings. The van der Waals surface area contributed by atoms with Crippen LogP contribution in [0.4, 0.5) is 0 Å². The summed E-state index contributed by atoms with van der Waals surface area (Å²) in [5, 5.41) is 11.4. The molecule has 1 atom stereocenters. The van der Waals surface area contributed by atoms with Crippen LogP contribution in [-0.4, -0.2) is 45.9 Å². The Bertz CT molecular complexity index is 1250. The van der Waals surface area contributed by atoms with Gasteiger partial charge in [-0.15, -0.1) is 5.10 Å². The summed E-state index contributed by atoms with van der Waals surface area (Å²) >= 11 is 4.58. The lowest BCUT2D eigenvalue weighted by molar-refractivity contribution is -0.118. The number of Topliss-reactive ketones (excluding diaryl/α,β-unsaturated/α-hetero) is 1. The molecule has 1 aliphatic carbocycles. The number of hydrazone groups is 1. The SMILES string of the molecule is COc1ccc(/C=N/NC(=O)CSc2n[nH]c(C3C(=O)c4cc(Br)ccc4C=C3C)n2)cc1. The molecule has 1 amide bonds. The number of aromatic amines is 1. The number of allylic oxidation sites excluding steroid dienone is 1. The number of H-pyrrole nitrogens is 1. The fourth-order valence-electron chi connectivity index (χ4n) is 3.38. The maximum absolute atomic E-state index is 13.1. The number of nitrogens with one attached hydrogen (secondary N) is 2. The van der Waals surface area contributed by atoms with Crippen molar-refractivity contribution in [2.75, 3.05) is 12.9 Å². The zero-order valence-electron chi connectivity index (χ0n) is 17.8. The van der Waals surface area contributed by atoms with Crippen molar-refractivity contribution in [2.24, 2.45) is 5.10 Å². The van der Waals surface area contributed by atoms with Gasteiger partial charge in [0, 0.05) is 10.0 Å². The maximum atomic E-state index is 13.1. The van der Waals surface area contributed by atoms with E-state index in [0.29, 0.717) is 16.5 Å². The first kappa shape index (κ1) is 22.9. The molecule has 1 aliphatic rings. The number of aromatic nitrogens is 3. The van der Waals surface area contributed by atoms with Crippen molar-refractivity contribution in [1.82, 2.24) is 20.6 Å². The fourth-order valence-corrected chi connectivity index (χ4v) is 4.34. The predicted molar refractivity (Wildman–Crippen MR) is 131 cm³/mol. The Morgan fingerprint density at radius 1 is 1.30 bits per heavy atom. The van der Waals surface area contributed by atoms with Gasteiger partial charge >= 0.3 is 0 Å². The van der Waals surface area contributed by atoms with Crippen molar-refractivity contribution in [1.29, 1.82) is 0 Å². The summed E-state index contributed by atoms with van der Waals surface area (Å²) in [5.41, 5.74) is 5.71. The minimum absolute atomic E-state index is 0.0374. The van der Waals surface area contributed by atoms with E-state index in [1.807, 2.05) is 55.5 Å². The molecule has 0 aliphatic heterocycles. The molecule has 1 heterocycles. The Balaban J connectivity index is 1.34. The molecule has 4 rings (SSSR count). The normalized spacial score (nSPS) is 15.3. The van der Waals surface area contributed by atoms with E-state index < -0.39 is 5.92 Å². The van der Waals surface area contributed by atoms with E-state index in [9.17, 15) is 9.59 Å². The molecule has 33 heavy (non-hydrogen) atoms. The third-order valence-corrected chi connectivity index (χ3v) is 6.33. The first-order chi connectivity index (χ1) is 15.9. The number of nitrogens with zero attached hydrogens (tertiary/aromatic N) is 3. The molecule has 2 N–H and O–H groups in total. The van der Waals surface area contributed by atoms with Crippen LogP contribution in [0.25, 0.3) is 6.08 Å². The Kier molecular flexibility index (Phi) is 7.05.